The molecule has 0 aliphatic carbocycles. The molecule has 4 nitrogen and oxygen atoms in total. The zero-order valence-corrected chi connectivity index (χ0v) is 16.3. The molecule has 1 unspecified atom stereocenters. The maximum atomic E-state index is 11.7. The number of benzene rings is 2. The van der Waals surface area contributed by atoms with Crippen LogP contribution in [0.1, 0.15) is 38.0 Å². The number of rotatable bonds is 5. The summed E-state index contributed by atoms with van der Waals surface area (Å²) in [5, 5.41) is 0. The second-order valence-corrected chi connectivity index (χ2v) is 8.01. The van der Waals surface area contributed by atoms with Crippen LogP contribution in [-0.2, 0) is 19.0 Å². The van der Waals surface area contributed by atoms with Gasteiger partial charge in [0.15, 0.2) is 11.2 Å². The van der Waals surface area contributed by atoms with E-state index in [0.717, 1.165) is 10.5 Å². The van der Waals surface area contributed by atoms with Crippen LogP contribution in [0.5, 0.6) is 0 Å². The van der Waals surface area contributed by atoms with Gasteiger partial charge in [0.1, 0.15) is 12.2 Å². The standard InChI is InChI=1S/C21H24O4S/c1-14-10-12-17(13-11-14)26-20(23-15(2)22)19-18(24-21(3,4)25-19)16-8-6-5-7-9-16/h5-13,18-20H,1-4H3/t18-,19-,20?/m1/s1. The molecule has 0 bridgehead atoms. The van der Waals surface area contributed by atoms with Crippen LogP contribution in [0.3, 0.4) is 0 Å². The maximum absolute atomic E-state index is 11.7. The van der Waals surface area contributed by atoms with Crippen LogP contribution < -0.4 is 0 Å². The zero-order chi connectivity index (χ0) is 18.7. The smallest absolute Gasteiger partial charge is 0.303 e. The molecule has 0 aromatic heterocycles. The van der Waals surface area contributed by atoms with Crippen LogP contribution in [0, 0.1) is 6.92 Å². The fourth-order valence-electron chi connectivity index (χ4n) is 2.96. The van der Waals surface area contributed by atoms with Crippen molar-refractivity contribution in [1.82, 2.24) is 0 Å². The molecule has 26 heavy (non-hydrogen) atoms. The topological polar surface area (TPSA) is 44.8 Å². The lowest BCUT2D eigenvalue weighted by molar-refractivity contribution is -0.161. The average molecular weight is 372 g/mol. The van der Waals surface area contributed by atoms with Crippen LogP contribution in [0.25, 0.3) is 0 Å². The summed E-state index contributed by atoms with van der Waals surface area (Å²) < 4.78 is 17.9. The van der Waals surface area contributed by atoms with Crippen LogP contribution in [-0.4, -0.2) is 23.3 Å². The number of thioether (sulfide) groups is 1. The molecule has 0 amide bonds. The van der Waals surface area contributed by atoms with Crippen molar-refractivity contribution >= 4 is 17.7 Å². The van der Waals surface area contributed by atoms with Crippen LogP contribution >= 0.6 is 11.8 Å². The molecule has 2 aromatic carbocycles. The van der Waals surface area contributed by atoms with E-state index in [2.05, 4.69) is 0 Å². The van der Waals surface area contributed by atoms with E-state index in [4.69, 9.17) is 14.2 Å². The second-order valence-electron chi connectivity index (χ2n) is 6.84. The molecule has 0 spiro atoms. The molecule has 5 heteroatoms. The van der Waals surface area contributed by atoms with Gasteiger partial charge >= 0.3 is 5.97 Å². The first-order valence-corrected chi connectivity index (χ1v) is 9.53. The second kappa shape index (κ2) is 7.82. The van der Waals surface area contributed by atoms with Gasteiger partial charge in [0.05, 0.1) is 0 Å². The lowest BCUT2D eigenvalue weighted by Gasteiger charge is -2.26. The van der Waals surface area contributed by atoms with E-state index < -0.39 is 17.3 Å². The van der Waals surface area contributed by atoms with E-state index in [-0.39, 0.29) is 12.1 Å². The van der Waals surface area contributed by atoms with E-state index in [1.807, 2.05) is 75.4 Å². The summed E-state index contributed by atoms with van der Waals surface area (Å²) >= 11 is 1.47. The number of hydrogen-bond donors (Lipinski definition) is 0. The van der Waals surface area contributed by atoms with Crippen molar-refractivity contribution in [3.63, 3.8) is 0 Å². The Kier molecular flexibility index (Phi) is 5.70. The third kappa shape index (κ3) is 4.67. The van der Waals surface area contributed by atoms with Gasteiger partial charge in [0.2, 0.25) is 0 Å². The van der Waals surface area contributed by atoms with E-state index in [1.54, 1.807) is 0 Å². The molecule has 138 valence electrons. The van der Waals surface area contributed by atoms with Crippen LogP contribution in [0.15, 0.2) is 59.5 Å². The molecule has 1 saturated heterocycles. The number of hydrogen-bond acceptors (Lipinski definition) is 5. The largest absolute Gasteiger partial charge is 0.448 e. The summed E-state index contributed by atoms with van der Waals surface area (Å²) in [6, 6.07) is 18.0. The first-order valence-electron chi connectivity index (χ1n) is 8.65. The van der Waals surface area contributed by atoms with Gasteiger partial charge in [0.25, 0.3) is 0 Å². The molecule has 1 heterocycles. The number of esters is 1. The summed E-state index contributed by atoms with van der Waals surface area (Å²) in [6.45, 7) is 7.22. The minimum atomic E-state index is -0.753. The molecule has 0 N–H and O–H groups in total. The molecular weight excluding hydrogens is 348 g/mol. The monoisotopic (exact) mass is 372 g/mol. The van der Waals surface area contributed by atoms with Gasteiger partial charge in [0, 0.05) is 11.8 Å². The third-order valence-corrected chi connectivity index (χ3v) is 5.22. The Morgan fingerprint density at radius 1 is 1.08 bits per heavy atom. The van der Waals surface area contributed by atoms with Gasteiger partial charge < -0.3 is 14.2 Å². The van der Waals surface area contributed by atoms with Crippen molar-refractivity contribution in [3.8, 4) is 0 Å². The molecule has 0 radical (unpaired) electrons. The first-order chi connectivity index (χ1) is 12.3. The Bertz CT molecular complexity index is 742. The van der Waals surface area contributed by atoms with Crippen molar-refractivity contribution in [3.05, 3.63) is 65.7 Å². The predicted molar refractivity (Wildman–Crippen MR) is 102 cm³/mol. The maximum Gasteiger partial charge on any atom is 0.303 e. The molecule has 3 rings (SSSR count). The summed E-state index contributed by atoms with van der Waals surface area (Å²) in [4.78, 5) is 12.7. The van der Waals surface area contributed by atoms with Crippen molar-refractivity contribution in [2.45, 2.75) is 56.0 Å². The minimum Gasteiger partial charge on any atom is -0.448 e. The lowest BCUT2D eigenvalue weighted by atomic mass is 10.1. The van der Waals surface area contributed by atoms with Gasteiger partial charge in [-0.1, -0.05) is 59.8 Å². The van der Waals surface area contributed by atoms with Gasteiger partial charge in [-0.2, -0.15) is 0 Å². The number of carbonyl (C=O) groups is 1. The van der Waals surface area contributed by atoms with Gasteiger partial charge in [-0.25, -0.2) is 0 Å². The SMILES string of the molecule is CC(=O)OC(Sc1ccc(C)cc1)[C@@H]1OC(C)(C)O[C@@H]1c1ccccc1. The Morgan fingerprint density at radius 2 is 1.73 bits per heavy atom. The Hall–Kier alpha value is -1.82. The summed E-state index contributed by atoms with van der Waals surface area (Å²) in [7, 11) is 0. The minimum absolute atomic E-state index is 0.312. The van der Waals surface area contributed by atoms with Crippen LogP contribution in [0.2, 0.25) is 0 Å². The Labute approximate surface area is 158 Å². The first kappa shape index (κ1) is 19.0. The van der Waals surface area contributed by atoms with Crippen molar-refractivity contribution < 1.29 is 19.0 Å². The highest BCUT2D eigenvalue weighted by Gasteiger charge is 2.47. The predicted octanol–water partition coefficient (Wildman–Crippen LogP) is 4.87. The Morgan fingerprint density at radius 3 is 2.35 bits per heavy atom. The number of aryl methyl sites for hydroxylation is 1. The summed E-state index contributed by atoms with van der Waals surface area (Å²) in [6.07, 6.45) is -0.726. The van der Waals surface area contributed by atoms with E-state index in [9.17, 15) is 4.79 Å². The quantitative estimate of drug-likeness (QED) is 0.426. The molecular formula is C21H24O4S. The van der Waals surface area contributed by atoms with Crippen molar-refractivity contribution in [1.29, 1.82) is 0 Å². The summed E-state index contributed by atoms with van der Waals surface area (Å²) in [5.74, 6) is -1.09. The van der Waals surface area contributed by atoms with Crippen molar-refractivity contribution in [2.24, 2.45) is 0 Å². The van der Waals surface area contributed by atoms with Crippen molar-refractivity contribution in [2.75, 3.05) is 0 Å². The highest BCUT2D eigenvalue weighted by atomic mass is 32.2. The van der Waals surface area contributed by atoms with Gasteiger partial charge in [-0.3, -0.25) is 4.79 Å². The fourth-order valence-corrected chi connectivity index (χ4v) is 4.04. The van der Waals surface area contributed by atoms with Gasteiger partial charge in [-0.15, -0.1) is 0 Å². The highest BCUT2D eigenvalue weighted by molar-refractivity contribution is 7.99. The normalized spacial score (nSPS) is 22.8. The van der Waals surface area contributed by atoms with E-state index in [1.165, 1.54) is 24.2 Å². The average Bonchev–Trinajstić information content (AvgIpc) is 2.92. The molecule has 2 aromatic rings. The fraction of sp³-hybridized carbons (Fsp3) is 0.381. The van der Waals surface area contributed by atoms with Gasteiger partial charge in [-0.05, 0) is 38.5 Å². The lowest BCUT2D eigenvalue weighted by Crippen LogP contribution is -2.33. The highest BCUT2D eigenvalue weighted by Crippen LogP contribution is 2.44. The van der Waals surface area contributed by atoms with Crippen LogP contribution in [0.4, 0.5) is 0 Å². The molecule has 1 aliphatic rings. The van der Waals surface area contributed by atoms with E-state index >= 15 is 0 Å². The third-order valence-electron chi connectivity index (χ3n) is 4.08. The zero-order valence-electron chi connectivity index (χ0n) is 15.5. The molecule has 1 fully saturated rings. The molecule has 1 aliphatic heterocycles. The number of ether oxygens (including phenoxy) is 3. The molecule has 3 atom stereocenters. The Balaban J connectivity index is 1.89. The molecule has 0 saturated carbocycles. The summed E-state index contributed by atoms with van der Waals surface area (Å²) in [5.41, 5.74) is 1.68. The number of carbonyl (C=O) groups excluding carboxylic acids is 1. The van der Waals surface area contributed by atoms with E-state index in [0.29, 0.717) is 0 Å².